The first kappa shape index (κ1) is 26.4. The second kappa shape index (κ2) is 11.7. The van der Waals surface area contributed by atoms with Crippen LogP contribution in [-0.4, -0.2) is 36.2 Å². The highest BCUT2D eigenvalue weighted by Gasteiger charge is 2.38. The molecule has 1 amide bonds. The van der Waals surface area contributed by atoms with Gasteiger partial charge >= 0.3 is 5.97 Å². The number of nitrogens with zero attached hydrogens (tertiary/aromatic N) is 1. The molecule has 0 unspecified atom stereocenters. The molecule has 0 N–H and O–H groups in total. The smallest absolute Gasteiger partial charge is 0.312 e. The lowest BCUT2D eigenvalue weighted by molar-refractivity contribution is -0.151. The Morgan fingerprint density at radius 3 is 2.41 bits per heavy atom. The van der Waals surface area contributed by atoms with Crippen LogP contribution in [0.5, 0.6) is 11.5 Å². The van der Waals surface area contributed by atoms with E-state index in [9.17, 15) is 18.8 Å². The summed E-state index contributed by atoms with van der Waals surface area (Å²) >= 11 is 5.84. The summed E-state index contributed by atoms with van der Waals surface area (Å²) in [4.78, 5) is 40.1. The van der Waals surface area contributed by atoms with Gasteiger partial charge in [0.2, 0.25) is 11.7 Å². The van der Waals surface area contributed by atoms with Crippen molar-refractivity contribution < 1.29 is 28.2 Å². The second-order valence-corrected chi connectivity index (χ2v) is 9.63. The number of alkyl halides is 1. The molecule has 0 aliphatic carbocycles. The van der Waals surface area contributed by atoms with Crippen LogP contribution in [0.3, 0.4) is 0 Å². The summed E-state index contributed by atoms with van der Waals surface area (Å²) in [6, 6.07) is 25.8. The minimum absolute atomic E-state index is 0.0363. The van der Waals surface area contributed by atoms with E-state index in [1.165, 1.54) is 29.2 Å². The lowest BCUT2D eigenvalue weighted by atomic mass is 10.0. The Labute approximate surface area is 229 Å². The molecule has 2 atom stereocenters. The fraction of sp³-hybridized carbons (Fsp3) is 0.194. The van der Waals surface area contributed by atoms with Gasteiger partial charge in [0.25, 0.3) is 0 Å². The van der Waals surface area contributed by atoms with Gasteiger partial charge in [-0.1, -0.05) is 36.4 Å². The van der Waals surface area contributed by atoms with E-state index < -0.39 is 29.6 Å². The zero-order valence-corrected chi connectivity index (χ0v) is 21.6. The molecule has 0 saturated carbocycles. The van der Waals surface area contributed by atoms with Gasteiger partial charge in [-0.05, 0) is 60.0 Å². The number of rotatable bonds is 9. The summed E-state index contributed by atoms with van der Waals surface area (Å²) in [7, 11) is 0. The van der Waals surface area contributed by atoms with Crippen molar-refractivity contribution in [2.75, 3.05) is 17.3 Å². The number of anilines is 1. The molecule has 8 heteroatoms. The van der Waals surface area contributed by atoms with Crippen LogP contribution in [0.15, 0.2) is 91.0 Å². The quantitative estimate of drug-likeness (QED) is 0.135. The van der Waals surface area contributed by atoms with Crippen LogP contribution in [-0.2, 0) is 14.3 Å². The molecule has 0 radical (unpaired) electrons. The number of Topliss-reactive ketones (excluding diaryl/α,β-unsaturated/α-hetero) is 1. The van der Waals surface area contributed by atoms with Crippen molar-refractivity contribution >= 4 is 45.7 Å². The third-order valence-corrected chi connectivity index (χ3v) is 6.85. The molecule has 1 saturated heterocycles. The number of esters is 1. The number of halogens is 2. The zero-order valence-electron chi connectivity index (χ0n) is 20.9. The van der Waals surface area contributed by atoms with Gasteiger partial charge in [-0.25, -0.2) is 4.39 Å². The minimum atomic E-state index is -1.12. The Hall–Kier alpha value is -4.23. The maximum absolute atomic E-state index is 13.2. The van der Waals surface area contributed by atoms with Gasteiger partial charge in [-0.3, -0.25) is 14.4 Å². The fourth-order valence-electron chi connectivity index (χ4n) is 4.60. The molecule has 5 rings (SSSR count). The number of benzene rings is 4. The number of hydrogen-bond acceptors (Lipinski definition) is 5. The molecular formula is C31H25ClFNO5. The molecule has 0 aromatic heterocycles. The Morgan fingerprint density at radius 2 is 1.67 bits per heavy atom. The number of carbonyl (C=O) groups is 3. The van der Waals surface area contributed by atoms with Crippen molar-refractivity contribution in [1.82, 2.24) is 0 Å². The van der Waals surface area contributed by atoms with E-state index in [0.717, 1.165) is 16.5 Å². The van der Waals surface area contributed by atoms with Gasteiger partial charge in [-0.15, -0.1) is 11.6 Å². The van der Waals surface area contributed by atoms with Crippen molar-refractivity contribution in [3.8, 4) is 11.5 Å². The molecule has 0 spiro atoms. The fourth-order valence-corrected chi connectivity index (χ4v) is 4.80. The molecule has 1 fully saturated rings. The van der Waals surface area contributed by atoms with Crippen LogP contribution in [0, 0.1) is 11.7 Å². The number of amides is 1. The first-order chi connectivity index (χ1) is 18.9. The first-order valence-electron chi connectivity index (χ1n) is 12.5. The maximum Gasteiger partial charge on any atom is 0.312 e. The van der Waals surface area contributed by atoms with E-state index in [1.807, 2.05) is 42.5 Å². The Bertz CT molecular complexity index is 1500. The lowest BCUT2D eigenvalue weighted by Gasteiger charge is -2.19. The van der Waals surface area contributed by atoms with E-state index in [4.69, 9.17) is 21.1 Å². The van der Waals surface area contributed by atoms with E-state index in [2.05, 4.69) is 0 Å². The van der Waals surface area contributed by atoms with Gasteiger partial charge in [0.05, 0.1) is 5.92 Å². The van der Waals surface area contributed by atoms with Crippen LogP contribution in [0.1, 0.15) is 23.2 Å². The standard InChI is InChI=1S/C31H25ClFNO5/c32-17-16-28(30(36)21-8-10-23(33)11-9-21)39-31(37)22-18-29(35)34(19-22)24-12-14-25(15-13-24)38-27-7-3-5-20-4-1-2-6-26(20)27/h1-15,22,28H,16-19H2/t22-,28+/m1/s1. The largest absolute Gasteiger partial charge is 0.457 e. The Morgan fingerprint density at radius 1 is 0.949 bits per heavy atom. The summed E-state index contributed by atoms with van der Waals surface area (Å²) in [5.41, 5.74) is 0.842. The molecule has 1 heterocycles. The maximum atomic E-state index is 13.2. The molecule has 4 aromatic carbocycles. The van der Waals surface area contributed by atoms with Crippen molar-refractivity contribution in [3.63, 3.8) is 0 Å². The summed E-state index contributed by atoms with van der Waals surface area (Å²) in [5.74, 6) is -1.12. The van der Waals surface area contributed by atoms with Crippen molar-refractivity contribution in [1.29, 1.82) is 0 Å². The van der Waals surface area contributed by atoms with Crippen LogP contribution in [0.25, 0.3) is 10.8 Å². The predicted molar refractivity (Wildman–Crippen MR) is 147 cm³/mol. The average molecular weight is 546 g/mol. The van der Waals surface area contributed by atoms with Crippen molar-refractivity contribution in [2.45, 2.75) is 18.9 Å². The zero-order chi connectivity index (χ0) is 27.4. The molecule has 1 aliphatic heterocycles. The number of carbonyl (C=O) groups excluding carboxylic acids is 3. The van der Waals surface area contributed by atoms with Gasteiger partial charge in [0, 0.05) is 41.9 Å². The third-order valence-electron chi connectivity index (χ3n) is 6.64. The van der Waals surface area contributed by atoms with Crippen LogP contribution >= 0.6 is 11.6 Å². The second-order valence-electron chi connectivity index (χ2n) is 9.25. The molecule has 0 bridgehead atoms. The molecule has 6 nitrogen and oxygen atoms in total. The highest BCUT2D eigenvalue weighted by atomic mass is 35.5. The molecule has 39 heavy (non-hydrogen) atoms. The first-order valence-corrected chi connectivity index (χ1v) is 13.1. The van der Waals surface area contributed by atoms with Crippen LogP contribution in [0.4, 0.5) is 10.1 Å². The highest BCUT2D eigenvalue weighted by molar-refractivity contribution is 6.18. The summed E-state index contributed by atoms with van der Waals surface area (Å²) in [6.45, 7) is 0.125. The summed E-state index contributed by atoms with van der Waals surface area (Å²) in [6.07, 6.45) is -1.05. The van der Waals surface area contributed by atoms with E-state index in [0.29, 0.717) is 11.4 Å². The third kappa shape index (κ3) is 5.94. The van der Waals surface area contributed by atoms with Crippen molar-refractivity contribution in [3.05, 3.63) is 102 Å². The molecular weight excluding hydrogens is 521 g/mol. The van der Waals surface area contributed by atoms with Crippen LogP contribution < -0.4 is 9.64 Å². The number of ether oxygens (including phenoxy) is 2. The molecule has 1 aliphatic rings. The van der Waals surface area contributed by atoms with E-state index in [-0.39, 0.29) is 36.7 Å². The highest BCUT2D eigenvalue weighted by Crippen LogP contribution is 2.32. The summed E-state index contributed by atoms with van der Waals surface area (Å²) < 4.78 is 24.8. The molecule has 198 valence electrons. The summed E-state index contributed by atoms with van der Waals surface area (Å²) in [5, 5.41) is 2.06. The average Bonchev–Trinajstić information content (AvgIpc) is 3.35. The minimum Gasteiger partial charge on any atom is -0.457 e. The van der Waals surface area contributed by atoms with Gasteiger partial charge in [0.1, 0.15) is 17.3 Å². The number of hydrogen-bond donors (Lipinski definition) is 0. The SMILES string of the molecule is O=C(O[C@@H](CCCl)C(=O)c1ccc(F)cc1)[C@@H]1CC(=O)N(c2ccc(Oc3cccc4ccccc34)cc2)C1. The predicted octanol–water partition coefficient (Wildman–Crippen LogP) is 6.55. The Kier molecular flexibility index (Phi) is 7.89. The number of ketones is 1. The van der Waals surface area contributed by atoms with Crippen LogP contribution in [0.2, 0.25) is 0 Å². The Balaban J connectivity index is 1.24. The van der Waals surface area contributed by atoms with E-state index >= 15 is 0 Å². The van der Waals surface area contributed by atoms with Gasteiger partial charge in [0.15, 0.2) is 6.10 Å². The topological polar surface area (TPSA) is 72.9 Å². The molecule has 4 aromatic rings. The van der Waals surface area contributed by atoms with Crippen molar-refractivity contribution in [2.24, 2.45) is 5.92 Å². The van der Waals surface area contributed by atoms with Gasteiger partial charge < -0.3 is 14.4 Å². The lowest BCUT2D eigenvalue weighted by Crippen LogP contribution is -2.32. The number of fused-ring (bicyclic) bond motifs is 1. The monoisotopic (exact) mass is 545 g/mol. The van der Waals surface area contributed by atoms with Gasteiger partial charge in [-0.2, -0.15) is 0 Å². The van der Waals surface area contributed by atoms with E-state index in [1.54, 1.807) is 24.3 Å². The normalized spacial score (nSPS) is 15.8.